The first-order valence-electron chi connectivity index (χ1n) is 8.62. The fourth-order valence-electron chi connectivity index (χ4n) is 2.70. The number of hydrogen-bond donors (Lipinski definition) is 0. The Kier molecular flexibility index (Phi) is 5.73. The van der Waals surface area contributed by atoms with Crippen molar-refractivity contribution in [1.82, 2.24) is 0 Å². The molecule has 8 nitrogen and oxygen atoms in total. The summed E-state index contributed by atoms with van der Waals surface area (Å²) in [6.07, 6.45) is 2.97. The van der Waals surface area contributed by atoms with E-state index < -0.39 is 10.9 Å². The van der Waals surface area contributed by atoms with Gasteiger partial charge in [0.05, 0.1) is 10.5 Å². The number of rotatable bonds is 7. The summed E-state index contributed by atoms with van der Waals surface area (Å²) >= 11 is 0. The molecule has 0 saturated carbocycles. The number of ketones is 1. The molecule has 3 rings (SSSR count). The molecule has 2 aromatic rings. The van der Waals surface area contributed by atoms with Crippen molar-refractivity contribution in [2.45, 2.75) is 6.92 Å². The van der Waals surface area contributed by atoms with Crippen molar-refractivity contribution in [3.63, 3.8) is 0 Å². The molecule has 1 aliphatic heterocycles. The molecule has 0 atom stereocenters. The Bertz CT molecular complexity index is 1020. The van der Waals surface area contributed by atoms with Crippen molar-refractivity contribution >= 4 is 23.5 Å². The third-order valence-electron chi connectivity index (χ3n) is 4.15. The number of esters is 1. The maximum absolute atomic E-state index is 12.6. The molecule has 0 spiro atoms. The summed E-state index contributed by atoms with van der Waals surface area (Å²) in [6.45, 7) is 4.98. The van der Waals surface area contributed by atoms with Crippen molar-refractivity contribution in [3.8, 4) is 11.5 Å². The summed E-state index contributed by atoms with van der Waals surface area (Å²) in [5.41, 5.74) is 1.49. The molecule has 0 fully saturated rings. The minimum Gasteiger partial charge on any atom is -0.481 e. The fourth-order valence-corrected chi connectivity index (χ4v) is 2.70. The molecule has 8 heteroatoms. The van der Waals surface area contributed by atoms with Gasteiger partial charge in [0.25, 0.3) is 5.69 Å². The zero-order chi connectivity index (χ0) is 21.0. The number of non-ortho nitro benzene ring substituents is 1. The number of nitro groups is 1. The standard InChI is InChI=1S/C21H17NO7/c1-3-10-27-19(23)12-28-17-9-8-16-20(24)18(29-21(16)13(17)2)11-14-4-6-15(7-5-14)22(25)26/h3-9,11H,1,10,12H2,2H3/b18-11-. The number of fused-ring (bicyclic) bond motifs is 1. The number of hydrogen-bond acceptors (Lipinski definition) is 7. The molecule has 0 unspecified atom stereocenters. The van der Waals surface area contributed by atoms with E-state index in [1.165, 1.54) is 36.4 Å². The predicted octanol–water partition coefficient (Wildman–Crippen LogP) is 3.63. The van der Waals surface area contributed by atoms with Crippen molar-refractivity contribution in [2.24, 2.45) is 0 Å². The number of nitrogens with zero attached hydrogens (tertiary/aromatic N) is 1. The largest absolute Gasteiger partial charge is 0.481 e. The van der Waals surface area contributed by atoms with Crippen molar-refractivity contribution in [3.05, 3.63) is 81.6 Å². The van der Waals surface area contributed by atoms with Gasteiger partial charge in [-0.15, -0.1) is 0 Å². The SMILES string of the molecule is C=CCOC(=O)COc1ccc2c(c1C)O/C(=C\c1ccc([N+](=O)[O-])cc1)C2=O. The molecular formula is C21H17NO7. The van der Waals surface area contributed by atoms with E-state index in [9.17, 15) is 19.7 Å². The van der Waals surface area contributed by atoms with Gasteiger partial charge in [-0.2, -0.15) is 0 Å². The molecule has 0 amide bonds. The first-order chi connectivity index (χ1) is 13.9. The van der Waals surface area contributed by atoms with Gasteiger partial charge < -0.3 is 14.2 Å². The number of carbonyl (C=O) groups excluding carboxylic acids is 2. The maximum Gasteiger partial charge on any atom is 0.344 e. The van der Waals surface area contributed by atoms with Crippen molar-refractivity contribution in [2.75, 3.05) is 13.2 Å². The summed E-state index contributed by atoms with van der Waals surface area (Å²) in [5.74, 6) is -0.0118. The third kappa shape index (κ3) is 4.32. The van der Waals surface area contributed by atoms with Crippen LogP contribution in [0.15, 0.2) is 54.8 Å². The Morgan fingerprint density at radius 3 is 2.62 bits per heavy atom. The molecule has 148 valence electrons. The van der Waals surface area contributed by atoms with Gasteiger partial charge in [0.1, 0.15) is 18.1 Å². The quantitative estimate of drug-likeness (QED) is 0.232. The average Bonchev–Trinajstić information content (AvgIpc) is 3.02. The van der Waals surface area contributed by atoms with Crippen LogP contribution in [0.5, 0.6) is 11.5 Å². The molecular weight excluding hydrogens is 378 g/mol. The van der Waals surface area contributed by atoms with Gasteiger partial charge in [0.2, 0.25) is 5.78 Å². The van der Waals surface area contributed by atoms with E-state index in [-0.39, 0.29) is 30.4 Å². The lowest BCUT2D eigenvalue weighted by Gasteiger charge is -2.10. The zero-order valence-corrected chi connectivity index (χ0v) is 15.5. The lowest BCUT2D eigenvalue weighted by molar-refractivity contribution is -0.384. The third-order valence-corrected chi connectivity index (χ3v) is 4.15. The molecule has 0 radical (unpaired) electrons. The van der Waals surface area contributed by atoms with Crippen LogP contribution in [0.25, 0.3) is 6.08 Å². The van der Waals surface area contributed by atoms with E-state index in [1.54, 1.807) is 19.1 Å². The van der Waals surface area contributed by atoms with E-state index in [0.717, 1.165) is 0 Å². The second-order valence-corrected chi connectivity index (χ2v) is 6.11. The van der Waals surface area contributed by atoms with Crippen LogP contribution in [0.3, 0.4) is 0 Å². The minimum absolute atomic E-state index is 0.0432. The minimum atomic E-state index is -0.541. The summed E-state index contributed by atoms with van der Waals surface area (Å²) < 4.78 is 16.0. The summed E-state index contributed by atoms with van der Waals surface area (Å²) in [5, 5.41) is 10.7. The van der Waals surface area contributed by atoms with Crippen LogP contribution in [-0.4, -0.2) is 29.9 Å². The topological polar surface area (TPSA) is 105 Å². The lowest BCUT2D eigenvalue weighted by Crippen LogP contribution is -2.15. The number of ether oxygens (including phenoxy) is 3. The van der Waals surface area contributed by atoms with Gasteiger partial charge in [-0.05, 0) is 42.8 Å². The van der Waals surface area contributed by atoms with Crippen LogP contribution < -0.4 is 9.47 Å². The Morgan fingerprint density at radius 1 is 1.24 bits per heavy atom. The van der Waals surface area contributed by atoms with Gasteiger partial charge in [-0.3, -0.25) is 14.9 Å². The second kappa shape index (κ2) is 8.39. The first-order valence-corrected chi connectivity index (χ1v) is 8.62. The summed E-state index contributed by atoms with van der Waals surface area (Å²) in [7, 11) is 0. The highest BCUT2D eigenvalue weighted by Gasteiger charge is 2.30. The van der Waals surface area contributed by atoms with Crippen molar-refractivity contribution in [1.29, 1.82) is 0 Å². The molecule has 0 aromatic heterocycles. The average molecular weight is 395 g/mol. The predicted molar refractivity (Wildman–Crippen MR) is 104 cm³/mol. The van der Waals surface area contributed by atoms with E-state index in [2.05, 4.69) is 6.58 Å². The lowest BCUT2D eigenvalue weighted by atomic mass is 10.1. The molecule has 2 aromatic carbocycles. The number of allylic oxidation sites excluding steroid dienone is 1. The van der Waals surface area contributed by atoms with Crippen LogP contribution in [0.4, 0.5) is 5.69 Å². The van der Waals surface area contributed by atoms with E-state index in [4.69, 9.17) is 14.2 Å². The monoisotopic (exact) mass is 395 g/mol. The number of benzene rings is 2. The normalized spacial score (nSPS) is 13.6. The molecule has 0 aliphatic carbocycles. The molecule has 0 saturated heterocycles. The van der Waals surface area contributed by atoms with Gasteiger partial charge in [0.15, 0.2) is 12.4 Å². The highest BCUT2D eigenvalue weighted by atomic mass is 16.6. The van der Waals surface area contributed by atoms with Crippen LogP contribution in [-0.2, 0) is 9.53 Å². The Balaban J connectivity index is 1.77. The molecule has 1 heterocycles. The number of Topliss-reactive ketones (excluding diaryl/α,β-unsaturated/α-hetero) is 1. The van der Waals surface area contributed by atoms with E-state index in [0.29, 0.717) is 28.2 Å². The van der Waals surface area contributed by atoms with Crippen LogP contribution in [0.2, 0.25) is 0 Å². The first kappa shape index (κ1) is 19.8. The van der Waals surface area contributed by atoms with Crippen LogP contribution in [0, 0.1) is 17.0 Å². The van der Waals surface area contributed by atoms with Gasteiger partial charge in [-0.25, -0.2) is 4.79 Å². The summed E-state index contributed by atoms with van der Waals surface area (Å²) in [6, 6.07) is 8.90. The molecule has 29 heavy (non-hydrogen) atoms. The highest BCUT2D eigenvalue weighted by Crippen LogP contribution is 2.39. The second-order valence-electron chi connectivity index (χ2n) is 6.11. The van der Waals surface area contributed by atoms with Gasteiger partial charge in [-0.1, -0.05) is 12.7 Å². The van der Waals surface area contributed by atoms with Gasteiger partial charge in [0, 0.05) is 17.7 Å². The zero-order valence-electron chi connectivity index (χ0n) is 15.5. The Hall–Kier alpha value is -3.94. The van der Waals surface area contributed by atoms with E-state index >= 15 is 0 Å². The number of carbonyl (C=O) groups is 2. The number of nitro benzene ring substituents is 1. The highest BCUT2D eigenvalue weighted by molar-refractivity contribution is 6.15. The summed E-state index contributed by atoms with van der Waals surface area (Å²) in [4.78, 5) is 34.4. The fraction of sp³-hybridized carbons (Fsp3) is 0.143. The Morgan fingerprint density at radius 2 is 1.97 bits per heavy atom. The van der Waals surface area contributed by atoms with Gasteiger partial charge >= 0.3 is 5.97 Å². The maximum atomic E-state index is 12.6. The van der Waals surface area contributed by atoms with E-state index in [1.807, 2.05) is 0 Å². The Labute approximate surface area is 166 Å². The van der Waals surface area contributed by atoms with Crippen LogP contribution >= 0.6 is 0 Å². The molecule has 0 bridgehead atoms. The van der Waals surface area contributed by atoms with Crippen LogP contribution in [0.1, 0.15) is 21.5 Å². The molecule has 1 aliphatic rings. The smallest absolute Gasteiger partial charge is 0.344 e. The molecule has 0 N–H and O–H groups in total. The van der Waals surface area contributed by atoms with Crippen molar-refractivity contribution < 1.29 is 28.7 Å².